The normalized spacial score (nSPS) is 14.1. The van der Waals surface area contributed by atoms with E-state index in [4.69, 9.17) is 38.4 Å². The van der Waals surface area contributed by atoms with Gasteiger partial charge in [0.15, 0.2) is 0 Å². The lowest BCUT2D eigenvalue weighted by Crippen LogP contribution is -2.10. The van der Waals surface area contributed by atoms with Gasteiger partial charge < -0.3 is 48.6 Å². The smallest absolute Gasteiger partial charge is 0.303 e. The van der Waals surface area contributed by atoms with E-state index in [1.807, 2.05) is 45.9 Å². The molecule has 3 aromatic rings. The van der Waals surface area contributed by atoms with Gasteiger partial charge in [-0.1, -0.05) is 0 Å². The maximum absolute atomic E-state index is 11.8. The highest BCUT2D eigenvalue weighted by atomic mass is 16.5. The minimum Gasteiger partial charge on any atom is -0.481 e. The highest BCUT2D eigenvalue weighted by Crippen LogP contribution is 2.39. The molecule has 58 heavy (non-hydrogen) atoms. The van der Waals surface area contributed by atoms with Gasteiger partial charge in [-0.15, -0.1) is 0 Å². The maximum Gasteiger partial charge on any atom is 0.303 e. The SMILES string of the molecule is COCCOCCOC(C)c1c(C)c2cc3[nH]c(cc4nc(cc5nc(cc1[nH]2)C(C)=C5CCC(=O)O)C(CCC(=O)O)=C4C)c(C)c3C(C)OCCOCCOC. The number of hydrogen-bond acceptors (Lipinski definition) is 10. The molecule has 8 bridgehead atoms. The first-order chi connectivity index (χ1) is 27.8. The van der Waals surface area contributed by atoms with Crippen LogP contribution >= 0.6 is 0 Å². The van der Waals surface area contributed by atoms with Gasteiger partial charge in [0.1, 0.15) is 0 Å². The minimum atomic E-state index is -0.911. The Morgan fingerprint density at radius 2 is 0.966 bits per heavy atom. The number of carbonyl (C=O) groups is 2. The number of methoxy groups -OCH3 is 2. The van der Waals surface area contributed by atoms with E-state index in [0.717, 1.165) is 66.6 Å². The fourth-order valence-corrected chi connectivity index (χ4v) is 7.51. The molecule has 0 aliphatic carbocycles. The fraction of sp³-hybridized carbons (Fsp3) is 0.500. The van der Waals surface area contributed by atoms with Crippen molar-refractivity contribution in [2.45, 2.75) is 79.4 Å². The third-order valence-corrected chi connectivity index (χ3v) is 10.7. The lowest BCUT2D eigenvalue weighted by atomic mass is 9.98. The zero-order valence-electron chi connectivity index (χ0n) is 35.0. The number of aromatic amines is 2. The van der Waals surface area contributed by atoms with Crippen molar-refractivity contribution in [3.05, 3.63) is 69.3 Å². The van der Waals surface area contributed by atoms with E-state index < -0.39 is 11.9 Å². The van der Waals surface area contributed by atoms with E-state index >= 15 is 0 Å². The Morgan fingerprint density at radius 3 is 1.40 bits per heavy atom. The van der Waals surface area contributed by atoms with Crippen molar-refractivity contribution in [1.29, 1.82) is 0 Å². The average Bonchev–Trinajstić information content (AvgIpc) is 3.85. The van der Waals surface area contributed by atoms with Crippen LogP contribution in [0.2, 0.25) is 0 Å². The second-order valence-electron chi connectivity index (χ2n) is 14.6. The molecule has 14 nitrogen and oxygen atoms in total. The summed E-state index contributed by atoms with van der Waals surface area (Å²) in [4.78, 5) is 41.1. The molecule has 2 aliphatic rings. The number of aromatic nitrogens is 4. The summed E-state index contributed by atoms with van der Waals surface area (Å²) in [7, 11) is 3.27. The van der Waals surface area contributed by atoms with Crippen molar-refractivity contribution in [1.82, 2.24) is 19.9 Å². The van der Waals surface area contributed by atoms with Crippen LogP contribution in [0.3, 0.4) is 0 Å². The van der Waals surface area contributed by atoms with E-state index in [2.05, 4.69) is 29.9 Å². The van der Waals surface area contributed by atoms with E-state index in [1.54, 1.807) is 14.2 Å². The van der Waals surface area contributed by atoms with E-state index in [-0.39, 0.29) is 37.9 Å². The van der Waals surface area contributed by atoms with Gasteiger partial charge in [-0.3, -0.25) is 9.59 Å². The van der Waals surface area contributed by atoms with Gasteiger partial charge in [0.05, 0.1) is 87.8 Å². The van der Waals surface area contributed by atoms with Gasteiger partial charge in [-0.05, 0) is 112 Å². The molecule has 314 valence electrons. The Kier molecular flexibility index (Phi) is 15.9. The molecule has 5 heterocycles. The van der Waals surface area contributed by atoms with Crippen LogP contribution in [-0.2, 0) is 38.0 Å². The standard InChI is InChI=1S/C44H58N4O10/c1-25-31(9-11-41(49)50)37-24-38-32(10-12-42(51)52)26(2)34(46-38)22-39-44(30(6)58-20-18-56-16-14-54-8)28(4)36(48-39)23-40-43(27(3)35(47-40)21-33(25)45-37)29(5)57-19-17-55-15-13-53-7/h21-24,29-30,47-48H,9-20H2,1-8H3,(H,49,50)(H,51,52). The minimum absolute atomic E-state index is 0.0728. The van der Waals surface area contributed by atoms with Gasteiger partial charge >= 0.3 is 11.9 Å². The lowest BCUT2D eigenvalue weighted by Gasteiger charge is -2.14. The number of carboxylic acid groups (broad SMARTS) is 2. The van der Waals surface area contributed by atoms with Crippen molar-refractivity contribution in [2.75, 3.05) is 67.1 Å². The number of rotatable bonds is 22. The van der Waals surface area contributed by atoms with Crippen molar-refractivity contribution in [2.24, 2.45) is 0 Å². The quantitative estimate of drug-likeness (QED) is 0.0718. The number of aryl methyl sites for hydroxylation is 2. The third-order valence-electron chi connectivity index (χ3n) is 10.7. The van der Waals surface area contributed by atoms with Crippen LogP contribution in [0.5, 0.6) is 0 Å². The number of allylic oxidation sites excluding steroid dienone is 4. The predicted molar refractivity (Wildman–Crippen MR) is 223 cm³/mol. The summed E-state index contributed by atoms with van der Waals surface area (Å²) >= 11 is 0. The summed E-state index contributed by atoms with van der Waals surface area (Å²) < 4.78 is 34.2. The molecule has 0 amide bonds. The van der Waals surface area contributed by atoms with Crippen molar-refractivity contribution in [3.8, 4) is 0 Å². The Balaban J connectivity index is 1.77. The summed E-state index contributed by atoms with van der Waals surface area (Å²) in [6, 6.07) is 7.95. The Bertz CT molecular complexity index is 2180. The van der Waals surface area contributed by atoms with E-state index in [1.165, 1.54) is 0 Å². The number of nitrogens with one attached hydrogen (secondary N) is 2. The molecule has 0 aromatic carbocycles. The molecule has 0 spiro atoms. The van der Waals surface area contributed by atoms with Gasteiger partial charge in [-0.25, -0.2) is 9.97 Å². The van der Waals surface area contributed by atoms with Crippen LogP contribution in [0.25, 0.3) is 44.4 Å². The Labute approximate surface area is 339 Å². The number of nitrogens with zero attached hydrogens (tertiary/aromatic N) is 2. The molecule has 2 aliphatic heterocycles. The van der Waals surface area contributed by atoms with Crippen LogP contribution < -0.4 is 0 Å². The number of fused-ring (bicyclic) bond motifs is 8. The molecule has 0 saturated heterocycles. The van der Waals surface area contributed by atoms with Gasteiger partial charge in [0.2, 0.25) is 0 Å². The molecular weight excluding hydrogens is 745 g/mol. The molecule has 4 N–H and O–H groups in total. The highest BCUT2D eigenvalue weighted by molar-refractivity contribution is 5.96. The molecule has 14 heteroatoms. The topological polar surface area (TPSA) is 187 Å². The zero-order chi connectivity index (χ0) is 41.9. The van der Waals surface area contributed by atoms with Crippen molar-refractivity contribution in [3.63, 3.8) is 0 Å². The van der Waals surface area contributed by atoms with E-state index in [9.17, 15) is 19.8 Å². The number of ether oxygens (including phenoxy) is 6. The number of carboxylic acids is 2. The number of H-pyrrole nitrogens is 2. The lowest BCUT2D eigenvalue weighted by molar-refractivity contribution is -0.137. The van der Waals surface area contributed by atoms with Crippen molar-refractivity contribution < 1.29 is 48.2 Å². The number of aliphatic carboxylic acids is 2. The molecule has 0 saturated carbocycles. The Hall–Kier alpha value is -4.70. The molecule has 0 radical (unpaired) electrons. The van der Waals surface area contributed by atoms with Crippen LogP contribution in [0, 0.1) is 13.8 Å². The molecular formula is C44H58N4O10. The first-order valence-corrected chi connectivity index (χ1v) is 19.8. The summed E-state index contributed by atoms with van der Waals surface area (Å²) in [5, 5.41) is 19.3. The second-order valence-corrected chi connectivity index (χ2v) is 14.6. The first kappa shape index (κ1) is 44.4. The Morgan fingerprint density at radius 1 is 0.569 bits per heavy atom. The van der Waals surface area contributed by atoms with Gasteiger partial charge in [0.25, 0.3) is 0 Å². The predicted octanol–water partition coefficient (Wildman–Crippen LogP) is 8.00. The molecule has 5 rings (SSSR count). The number of hydrogen-bond donors (Lipinski definition) is 4. The van der Waals surface area contributed by atoms with Crippen LogP contribution in [-0.4, -0.2) is 109 Å². The summed E-state index contributed by atoms with van der Waals surface area (Å²) in [5.41, 5.74) is 13.2. The van der Waals surface area contributed by atoms with Gasteiger partial charge in [-0.2, -0.15) is 0 Å². The average molecular weight is 803 g/mol. The second kappa shape index (κ2) is 20.8. The maximum atomic E-state index is 11.8. The summed E-state index contributed by atoms with van der Waals surface area (Å²) in [5.74, 6) is -1.82. The van der Waals surface area contributed by atoms with Crippen LogP contribution in [0.4, 0.5) is 0 Å². The largest absolute Gasteiger partial charge is 0.481 e. The monoisotopic (exact) mass is 802 g/mol. The van der Waals surface area contributed by atoms with Gasteiger partial charge in [0, 0.05) is 60.3 Å². The molecule has 3 aromatic heterocycles. The first-order valence-electron chi connectivity index (χ1n) is 19.8. The van der Waals surface area contributed by atoms with Crippen molar-refractivity contribution >= 4 is 56.3 Å². The van der Waals surface area contributed by atoms with Crippen LogP contribution in [0.15, 0.2) is 24.3 Å². The molecule has 2 atom stereocenters. The third kappa shape index (κ3) is 10.9. The molecule has 0 fully saturated rings. The summed E-state index contributed by atoms with van der Waals surface area (Å²) in [6.45, 7) is 15.6. The summed E-state index contributed by atoms with van der Waals surface area (Å²) in [6.07, 6.45) is -0.246. The fourth-order valence-electron chi connectivity index (χ4n) is 7.51. The highest BCUT2D eigenvalue weighted by Gasteiger charge is 2.24. The van der Waals surface area contributed by atoms with Crippen LogP contribution in [0.1, 0.15) is 111 Å². The van der Waals surface area contributed by atoms with E-state index in [0.29, 0.717) is 75.6 Å². The molecule has 2 unspecified atom stereocenters. The zero-order valence-corrected chi connectivity index (χ0v) is 35.0.